The molecule has 24 heavy (non-hydrogen) atoms. The van der Waals surface area contributed by atoms with Crippen LogP contribution in [0.4, 0.5) is 24.5 Å². The Kier molecular flexibility index (Phi) is 4.72. The van der Waals surface area contributed by atoms with Gasteiger partial charge in [-0.05, 0) is 24.3 Å². The van der Waals surface area contributed by atoms with E-state index >= 15 is 0 Å². The van der Waals surface area contributed by atoms with E-state index in [0.29, 0.717) is 12.1 Å². The van der Waals surface area contributed by atoms with E-state index in [-0.39, 0.29) is 11.4 Å². The molecule has 0 radical (unpaired) electrons. The quantitative estimate of drug-likeness (QED) is 0.639. The van der Waals surface area contributed by atoms with Gasteiger partial charge in [0.05, 0.1) is 21.2 Å². The number of anilines is 1. The predicted octanol–water partition coefficient (Wildman–Crippen LogP) is 4.07. The van der Waals surface area contributed by atoms with Gasteiger partial charge in [0.25, 0.3) is 15.7 Å². The van der Waals surface area contributed by atoms with Crippen molar-refractivity contribution in [2.75, 3.05) is 4.72 Å². The van der Waals surface area contributed by atoms with E-state index in [2.05, 4.69) is 0 Å². The number of alkyl halides is 3. The van der Waals surface area contributed by atoms with Gasteiger partial charge in [-0.3, -0.25) is 14.8 Å². The molecular weight excluding hydrogens is 373 g/mol. The molecule has 1 N–H and O–H groups in total. The maximum absolute atomic E-state index is 12.7. The number of non-ortho nitro benzene ring substituents is 1. The number of rotatable bonds is 4. The summed E-state index contributed by atoms with van der Waals surface area (Å²) in [5.74, 6) is 0. The molecule has 0 unspecified atom stereocenters. The third kappa shape index (κ3) is 3.95. The van der Waals surface area contributed by atoms with Crippen LogP contribution in [0.5, 0.6) is 0 Å². The van der Waals surface area contributed by atoms with Gasteiger partial charge in [0.15, 0.2) is 0 Å². The van der Waals surface area contributed by atoms with Gasteiger partial charge < -0.3 is 0 Å². The zero-order valence-electron chi connectivity index (χ0n) is 11.5. The second-order valence-corrected chi connectivity index (χ2v) is 6.61. The molecule has 11 heteroatoms. The first-order valence-electron chi connectivity index (χ1n) is 6.15. The van der Waals surface area contributed by atoms with Crippen LogP contribution in [0.25, 0.3) is 0 Å². The average Bonchev–Trinajstić information content (AvgIpc) is 2.46. The zero-order chi connectivity index (χ0) is 18.1. The van der Waals surface area contributed by atoms with Crippen LogP contribution in [0.15, 0.2) is 47.4 Å². The summed E-state index contributed by atoms with van der Waals surface area (Å²) in [4.78, 5) is 9.15. The van der Waals surface area contributed by atoms with Crippen molar-refractivity contribution >= 4 is 33.0 Å². The Morgan fingerprint density at radius 3 is 2.38 bits per heavy atom. The minimum atomic E-state index is -4.75. The van der Waals surface area contributed by atoms with Crippen molar-refractivity contribution < 1.29 is 26.5 Å². The molecule has 0 fully saturated rings. The molecule has 128 valence electrons. The van der Waals surface area contributed by atoms with Crippen LogP contribution in [0.2, 0.25) is 5.02 Å². The molecule has 2 aromatic rings. The molecule has 2 rings (SSSR count). The van der Waals surface area contributed by atoms with Gasteiger partial charge >= 0.3 is 6.18 Å². The second kappa shape index (κ2) is 6.29. The number of nitro benzene ring substituents is 1. The van der Waals surface area contributed by atoms with Gasteiger partial charge in [-0.1, -0.05) is 17.7 Å². The van der Waals surface area contributed by atoms with Crippen molar-refractivity contribution in [1.82, 2.24) is 0 Å². The fourth-order valence-corrected chi connectivity index (χ4v) is 3.36. The fraction of sp³-hybridized carbons (Fsp3) is 0.0769. The lowest BCUT2D eigenvalue weighted by Crippen LogP contribution is -2.15. The molecule has 0 saturated carbocycles. The van der Waals surface area contributed by atoms with E-state index in [1.165, 1.54) is 12.1 Å². The maximum Gasteiger partial charge on any atom is 0.416 e. The molecule has 6 nitrogen and oxygen atoms in total. The number of nitrogens with zero attached hydrogens (tertiary/aromatic N) is 1. The number of hydrogen-bond acceptors (Lipinski definition) is 4. The molecule has 0 bridgehead atoms. The molecule has 2 aromatic carbocycles. The van der Waals surface area contributed by atoms with Crippen LogP contribution in [0, 0.1) is 10.1 Å². The molecule has 0 saturated heterocycles. The van der Waals surface area contributed by atoms with Gasteiger partial charge in [0.2, 0.25) is 0 Å². The van der Waals surface area contributed by atoms with Gasteiger partial charge in [-0.25, -0.2) is 8.42 Å². The van der Waals surface area contributed by atoms with Crippen LogP contribution in [0.3, 0.4) is 0 Å². The third-order valence-electron chi connectivity index (χ3n) is 2.86. The van der Waals surface area contributed by atoms with Crippen LogP contribution in [-0.4, -0.2) is 13.3 Å². The molecular formula is C13H8ClF3N2O4S. The summed E-state index contributed by atoms with van der Waals surface area (Å²) in [6.45, 7) is 0. The van der Waals surface area contributed by atoms with Crippen molar-refractivity contribution in [2.24, 2.45) is 0 Å². The summed E-state index contributed by atoms with van der Waals surface area (Å²) >= 11 is 5.68. The highest BCUT2D eigenvalue weighted by Gasteiger charge is 2.32. The van der Waals surface area contributed by atoms with Crippen LogP contribution < -0.4 is 4.72 Å². The number of hydrogen-bond donors (Lipinski definition) is 1. The van der Waals surface area contributed by atoms with Gasteiger partial charge in [0, 0.05) is 12.1 Å². The summed E-state index contributed by atoms with van der Waals surface area (Å²) in [6, 6.07) is 6.35. The van der Waals surface area contributed by atoms with Crippen molar-refractivity contribution in [3.8, 4) is 0 Å². The molecule has 0 aliphatic carbocycles. The number of nitro groups is 1. The van der Waals surface area contributed by atoms with E-state index in [1.807, 2.05) is 4.72 Å². The van der Waals surface area contributed by atoms with E-state index < -0.39 is 36.6 Å². The Morgan fingerprint density at radius 2 is 1.79 bits per heavy atom. The third-order valence-corrected chi connectivity index (χ3v) is 4.72. The highest BCUT2D eigenvalue weighted by atomic mass is 35.5. The van der Waals surface area contributed by atoms with E-state index in [4.69, 9.17) is 11.6 Å². The Hall–Kier alpha value is -2.33. The number of benzene rings is 2. The Morgan fingerprint density at radius 1 is 1.12 bits per heavy atom. The summed E-state index contributed by atoms with van der Waals surface area (Å²) in [5.41, 5.74) is -1.76. The molecule has 0 amide bonds. The second-order valence-electron chi connectivity index (χ2n) is 4.56. The maximum atomic E-state index is 12.7. The lowest BCUT2D eigenvalue weighted by Gasteiger charge is -2.12. The normalized spacial score (nSPS) is 12.0. The molecule has 0 spiro atoms. The summed E-state index contributed by atoms with van der Waals surface area (Å²) in [7, 11) is -4.47. The number of nitrogens with one attached hydrogen (secondary N) is 1. The minimum absolute atomic E-state index is 0.183. The molecule has 0 aliphatic heterocycles. The van der Waals surface area contributed by atoms with Crippen LogP contribution in [-0.2, 0) is 16.2 Å². The predicted molar refractivity (Wildman–Crippen MR) is 80.4 cm³/mol. The molecule has 0 heterocycles. The fourth-order valence-electron chi connectivity index (χ4n) is 1.78. The van der Waals surface area contributed by atoms with Crippen molar-refractivity contribution in [3.05, 3.63) is 63.2 Å². The zero-order valence-corrected chi connectivity index (χ0v) is 13.1. The number of sulfonamides is 1. The average molecular weight is 381 g/mol. The highest BCUT2D eigenvalue weighted by Crippen LogP contribution is 2.34. The molecule has 0 atom stereocenters. The van der Waals surface area contributed by atoms with E-state index in [9.17, 15) is 31.7 Å². The lowest BCUT2D eigenvalue weighted by atomic mass is 10.2. The Balaban J connectivity index is 2.44. The van der Waals surface area contributed by atoms with E-state index in [1.54, 1.807) is 0 Å². The van der Waals surface area contributed by atoms with Crippen molar-refractivity contribution in [3.63, 3.8) is 0 Å². The summed E-state index contributed by atoms with van der Waals surface area (Å²) in [5, 5.41) is 10.3. The van der Waals surface area contributed by atoms with Gasteiger partial charge in [-0.15, -0.1) is 0 Å². The van der Waals surface area contributed by atoms with Gasteiger partial charge in [-0.2, -0.15) is 13.2 Å². The van der Waals surface area contributed by atoms with Crippen LogP contribution >= 0.6 is 11.6 Å². The monoisotopic (exact) mass is 380 g/mol. The topological polar surface area (TPSA) is 89.3 Å². The molecule has 0 aromatic heterocycles. The standard InChI is InChI=1S/C13H8ClF3N2O4S/c14-11-5-4-8(13(15,16)17)6-12(11)24(22,23)18-9-2-1-3-10(7-9)19(20)21/h1-7,18H. The summed E-state index contributed by atoms with van der Waals surface area (Å²) < 4.78 is 64.6. The SMILES string of the molecule is O=[N+]([O-])c1cccc(NS(=O)(=O)c2cc(C(F)(F)F)ccc2Cl)c1. The Labute approximate surface area is 139 Å². The smallest absolute Gasteiger partial charge is 0.279 e. The first-order chi connectivity index (χ1) is 11.0. The first-order valence-corrected chi connectivity index (χ1v) is 8.01. The largest absolute Gasteiger partial charge is 0.416 e. The summed E-state index contributed by atoms with van der Waals surface area (Å²) in [6.07, 6.45) is -4.75. The van der Waals surface area contributed by atoms with Crippen molar-refractivity contribution in [2.45, 2.75) is 11.1 Å². The lowest BCUT2D eigenvalue weighted by molar-refractivity contribution is -0.384. The van der Waals surface area contributed by atoms with Crippen LogP contribution in [0.1, 0.15) is 5.56 Å². The van der Waals surface area contributed by atoms with Gasteiger partial charge in [0.1, 0.15) is 4.90 Å². The van der Waals surface area contributed by atoms with Crippen molar-refractivity contribution in [1.29, 1.82) is 0 Å². The first kappa shape index (κ1) is 18.0. The number of halogens is 4. The molecule has 0 aliphatic rings. The Bertz CT molecular complexity index is 900. The van der Waals surface area contributed by atoms with E-state index in [0.717, 1.165) is 18.2 Å². The minimum Gasteiger partial charge on any atom is -0.279 e. The highest BCUT2D eigenvalue weighted by molar-refractivity contribution is 7.92.